The van der Waals surface area contributed by atoms with Gasteiger partial charge in [0.2, 0.25) is 4.96 Å². The van der Waals surface area contributed by atoms with Crippen LogP contribution in [0.5, 0.6) is 0 Å². The second kappa shape index (κ2) is 4.94. The molecule has 6 nitrogen and oxygen atoms in total. The summed E-state index contributed by atoms with van der Waals surface area (Å²) < 4.78 is 7.42. The van der Waals surface area contributed by atoms with Gasteiger partial charge >= 0.3 is 0 Å². The summed E-state index contributed by atoms with van der Waals surface area (Å²) in [6.45, 7) is 0.768. The van der Waals surface area contributed by atoms with E-state index >= 15 is 0 Å². The lowest BCUT2D eigenvalue weighted by Gasteiger charge is -2.04. The van der Waals surface area contributed by atoms with E-state index in [-0.39, 0.29) is 6.10 Å². The van der Waals surface area contributed by atoms with Gasteiger partial charge in [0.1, 0.15) is 11.1 Å². The minimum atomic E-state index is -0.00904. The average molecular weight is 322 g/mol. The molecule has 2 aromatic heterocycles. The zero-order valence-electron chi connectivity index (χ0n) is 11.0. The number of nitrogen functional groups attached to an aromatic ring is 1. The summed E-state index contributed by atoms with van der Waals surface area (Å²) in [7, 11) is 0. The maximum atomic E-state index is 5.95. The van der Waals surface area contributed by atoms with Gasteiger partial charge in [-0.05, 0) is 25.0 Å². The molecular weight excluding hydrogens is 310 g/mol. The summed E-state index contributed by atoms with van der Waals surface area (Å²) >= 11 is 7.42. The molecule has 3 aromatic rings. The summed E-state index contributed by atoms with van der Waals surface area (Å²) in [5, 5.41) is 14.3. The smallest absolute Gasteiger partial charge is 0.235 e. The van der Waals surface area contributed by atoms with Crippen LogP contribution in [0, 0.1) is 0 Å². The van der Waals surface area contributed by atoms with Crippen molar-refractivity contribution >= 4 is 33.6 Å². The summed E-state index contributed by atoms with van der Waals surface area (Å²) in [4.78, 5) is 0.754. The summed E-state index contributed by atoms with van der Waals surface area (Å²) in [5.41, 5.74) is 7.31. The Kier molecular flexibility index (Phi) is 3.06. The number of hydrogen-bond donors (Lipinski definition) is 1. The van der Waals surface area contributed by atoms with E-state index in [1.54, 1.807) is 10.6 Å². The van der Waals surface area contributed by atoms with Crippen molar-refractivity contribution in [2.45, 2.75) is 18.9 Å². The fourth-order valence-corrected chi connectivity index (χ4v) is 3.37. The zero-order chi connectivity index (χ0) is 14.4. The molecule has 1 aliphatic heterocycles. The summed E-state index contributed by atoms with van der Waals surface area (Å²) in [6, 6.07) is 5.49. The number of halogens is 1. The van der Waals surface area contributed by atoms with Crippen LogP contribution < -0.4 is 5.73 Å². The molecule has 108 valence electrons. The first-order chi connectivity index (χ1) is 10.2. The van der Waals surface area contributed by atoms with E-state index in [0.29, 0.717) is 10.7 Å². The summed E-state index contributed by atoms with van der Waals surface area (Å²) in [5.74, 6) is 0.770. The molecule has 4 rings (SSSR count). The molecule has 1 fully saturated rings. The number of anilines is 1. The van der Waals surface area contributed by atoms with Gasteiger partial charge in [0.05, 0.1) is 10.7 Å². The largest absolute Gasteiger partial charge is 0.398 e. The van der Waals surface area contributed by atoms with Crippen LogP contribution in [-0.4, -0.2) is 26.4 Å². The molecule has 1 unspecified atom stereocenters. The van der Waals surface area contributed by atoms with Crippen molar-refractivity contribution in [1.82, 2.24) is 19.8 Å². The number of hydrogen-bond acceptors (Lipinski definition) is 6. The first kappa shape index (κ1) is 13.0. The summed E-state index contributed by atoms with van der Waals surface area (Å²) in [6.07, 6.45) is 2.00. The Morgan fingerprint density at radius 3 is 3.05 bits per heavy atom. The van der Waals surface area contributed by atoms with Crippen LogP contribution in [0.3, 0.4) is 0 Å². The van der Waals surface area contributed by atoms with Gasteiger partial charge < -0.3 is 10.5 Å². The Morgan fingerprint density at radius 2 is 2.29 bits per heavy atom. The average Bonchev–Trinajstić information content (AvgIpc) is 3.16. The van der Waals surface area contributed by atoms with Gasteiger partial charge in [0.25, 0.3) is 0 Å². The Balaban J connectivity index is 1.78. The van der Waals surface area contributed by atoms with Gasteiger partial charge in [-0.25, -0.2) is 0 Å². The van der Waals surface area contributed by atoms with Crippen LogP contribution in [0.25, 0.3) is 15.5 Å². The highest BCUT2D eigenvalue weighted by Crippen LogP contribution is 2.32. The van der Waals surface area contributed by atoms with Crippen molar-refractivity contribution in [3.05, 3.63) is 29.0 Å². The SMILES string of the molecule is Nc1cc(-c2nn3c(C4CCCO4)nnc3s2)ccc1Cl. The number of rotatable bonds is 2. The van der Waals surface area contributed by atoms with Crippen LogP contribution in [-0.2, 0) is 4.74 Å². The molecule has 0 saturated carbocycles. The fraction of sp³-hybridized carbons (Fsp3) is 0.308. The molecule has 1 aliphatic rings. The number of nitrogens with zero attached hydrogens (tertiary/aromatic N) is 4. The van der Waals surface area contributed by atoms with Crippen LogP contribution in [0.4, 0.5) is 5.69 Å². The second-order valence-corrected chi connectivity index (χ2v) is 6.26. The van der Waals surface area contributed by atoms with Gasteiger partial charge in [-0.1, -0.05) is 29.0 Å². The fourth-order valence-electron chi connectivity index (χ4n) is 2.41. The van der Waals surface area contributed by atoms with Gasteiger partial charge in [-0.2, -0.15) is 9.61 Å². The molecule has 1 aromatic carbocycles. The molecule has 3 heterocycles. The van der Waals surface area contributed by atoms with Gasteiger partial charge in [-0.15, -0.1) is 10.2 Å². The molecule has 0 bridgehead atoms. The molecule has 21 heavy (non-hydrogen) atoms. The van der Waals surface area contributed by atoms with Crippen molar-refractivity contribution in [2.75, 3.05) is 12.3 Å². The predicted octanol–water partition coefficient (Wildman–Crippen LogP) is 2.94. The molecule has 8 heteroatoms. The molecule has 0 spiro atoms. The van der Waals surface area contributed by atoms with Crippen LogP contribution in [0.1, 0.15) is 24.8 Å². The first-order valence-corrected chi connectivity index (χ1v) is 7.81. The van der Waals surface area contributed by atoms with E-state index in [2.05, 4.69) is 15.3 Å². The van der Waals surface area contributed by atoms with Crippen molar-refractivity contribution in [3.63, 3.8) is 0 Å². The van der Waals surface area contributed by atoms with E-state index in [1.807, 2.05) is 12.1 Å². The highest BCUT2D eigenvalue weighted by molar-refractivity contribution is 7.19. The molecule has 1 atom stereocenters. The second-order valence-electron chi connectivity index (χ2n) is 4.90. The Morgan fingerprint density at radius 1 is 1.38 bits per heavy atom. The van der Waals surface area contributed by atoms with Crippen molar-refractivity contribution in [2.24, 2.45) is 0 Å². The normalized spacial score (nSPS) is 18.6. The number of ether oxygens (including phenoxy) is 1. The molecule has 0 amide bonds. The van der Waals surface area contributed by atoms with E-state index in [4.69, 9.17) is 22.1 Å². The third-order valence-corrected chi connectivity index (χ3v) is 4.77. The van der Waals surface area contributed by atoms with E-state index in [0.717, 1.165) is 40.8 Å². The Hall–Kier alpha value is -1.70. The zero-order valence-corrected chi connectivity index (χ0v) is 12.6. The van der Waals surface area contributed by atoms with Gasteiger partial charge in [0.15, 0.2) is 5.82 Å². The van der Waals surface area contributed by atoms with Crippen LogP contribution >= 0.6 is 22.9 Å². The van der Waals surface area contributed by atoms with E-state index < -0.39 is 0 Å². The standard InChI is InChI=1S/C13H12ClN5OS/c14-8-4-3-7(6-9(8)15)12-18-19-11(10-2-1-5-20-10)16-17-13(19)21-12/h3-4,6,10H,1-2,5,15H2. The minimum Gasteiger partial charge on any atom is -0.398 e. The Labute approximate surface area is 129 Å². The van der Waals surface area contributed by atoms with Crippen LogP contribution in [0.2, 0.25) is 5.02 Å². The monoisotopic (exact) mass is 321 g/mol. The lowest BCUT2D eigenvalue weighted by molar-refractivity contribution is 0.103. The maximum Gasteiger partial charge on any atom is 0.235 e. The number of benzene rings is 1. The molecular formula is C13H12ClN5OS. The van der Waals surface area contributed by atoms with Crippen molar-refractivity contribution < 1.29 is 4.74 Å². The van der Waals surface area contributed by atoms with Gasteiger partial charge in [0, 0.05) is 12.2 Å². The highest BCUT2D eigenvalue weighted by Gasteiger charge is 2.25. The topological polar surface area (TPSA) is 78.3 Å². The predicted molar refractivity (Wildman–Crippen MR) is 81.4 cm³/mol. The third kappa shape index (κ3) is 2.17. The Bertz CT molecular complexity index is 808. The minimum absolute atomic E-state index is 0.00904. The number of aromatic nitrogens is 4. The number of nitrogens with two attached hydrogens (primary N) is 1. The van der Waals surface area contributed by atoms with Crippen molar-refractivity contribution in [3.8, 4) is 10.6 Å². The molecule has 1 saturated heterocycles. The number of fused-ring (bicyclic) bond motifs is 1. The lowest BCUT2D eigenvalue weighted by Crippen LogP contribution is -2.03. The highest BCUT2D eigenvalue weighted by atomic mass is 35.5. The van der Waals surface area contributed by atoms with Crippen molar-refractivity contribution in [1.29, 1.82) is 0 Å². The first-order valence-electron chi connectivity index (χ1n) is 6.61. The molecule has 0 radical (unpaired) electrons. The quantitative estimate of drug-likeness (QED) is 0.734. The third-order valence-electron chi connectivity index (χ3n) is 3.48. The van der Waals surface area contributed by atoms with E-state index in [9.17, 15) is 0 Å². The lowest BCUT2D eigenvalue weighted by atomic mass is 10.2. The van der Waals surface area contributed by atoms with E-state index in [1.165, 1.54) is 11.3 Å². The van der Waals surface area contributed by atoms with Gasteiger partial charge in [-0.3, -0.25) is 0 Å². The maximum absolute atomic E-state index is 5.95. The molecule has 2 N–H and O–H groups in total. The van der Waals surface area contributed by atoms with Crippen LogP contribution in [0.15, 0.2) is 18.2 Å². The molecule has 0 aliphatic carbocycles.